The van der Waals surface area contributed by atoms with Gasteiger partial charge < -0.3 is 5.32 Å². The lowest BCUT2D eigenvalue weighted by Gasteiger charge is -2.14. The number of carbonyl (C=O) groups is 1. The Hall–Kier alpha value is -3.57. The third-order valence-electron chi connectivity index (χ3n) is 5.03. The topological polar surface area (TPSA) is 54.9 Å². The Morgan fingerprint density at radius 1 is 0.767 bits per heavy atom. The van der Waals surface area contributed by atoms with E-state index in [9.17, 15) is 4.79 Å². The molecule has 0 spiro atoms. The van der Waals surface area contributed by atoms with Gasteiger partial charge in [-0.3, -0.25) is 14.8 Å². The number of aromatic nitrogens is 2. The lowest BCUT2D eigenvalue weighted by atomic mass is 9.96. The summed E-state index contributed by atoms with van der Waals surface area (Å²) < 4.78 is 0.934. The summed E-state index contributed by atoms with van der Waals surface area (Å²) in [6.45, 7) is 0. The number of hydrogen-bond acceptors (Lipinski definition) is 3. The van der Waals surface area contributed by atoms with E-state index in [4.69, 9.17) is 0 Å². The van der Waals surface area contributed by atoms with Crippen LogP contribution in [-0.2, 0) is 0 Å². The summed E-state index contributed by atoms with van der Waals surface area (Å²) in [5.41, 5.74) is 5.01. The molecule has 4 nitrogen and oxygen atoms in total. The molecule has 0 unspecified atom stereocenters. The zero-order valence-electron chi connectivity index (χ0n) is 15.8. The third kappa shape index (κ3) is 3.33. The van der Waals surface area contributed by atoms with E-state index in [-0.39, 0.29) is 5.91 Å². The van der Waals surface area contributed by atoms with Gasteiger partial charge in [-0.2, -0.15) is 0 Å². The highest BCUT2D eigenvalue weighted by Crippen LogP contribution is 2.36. The van der Waals surface area contributed by atoms with Gasteiger partial charge in [-0.15, -0.1) is 0 Å². The Bertz CT molecular complexity index is 1400. The average molecular weight is 454 g/mol. The molecular formula is C25H16BrN3O. The summed E-state index contributed by atoms with van der Waals surface area (Å²) >= 11 is 3.40. The number of pyridine rings is 2. The molecule has 0 saturated carbocycles. The van der Waals surface area contributed by atoms with Crippen LogP contribution in [0.15, 0.2) is 95.7 Å². The van der Waals surface area contributed by atoms with Crippen molar-refractivity contribution in [3.05, 3.63) is 101 Å². The number of halogens is 1. The van der Waals surface area contributed by atoms with Gasteiger partial charge in [0.25, 0.3) is 5.91 Å². The van der Waals surface area contributed by atoms with Gasteiger partial charge in [0, 0.05) is 44.5 Å². The maximum atomic E-state index is 12.8. The van der Waals surface area contributed by atoms with Crippen LogP contribution in [0.3, 0.4) is 0 Å². The molecule has 0 radical (unpaired) electrons. The highest BCUT2D eigenvalue weighted by molar-refractivity contribution is 9.10. The highest BCUT2D eigenvalue weighted by Gasteiger charge is 2.15. The van der Waals surface area contributed by atoms with E-state index in [1.54, 1.807) is 24.5 Å². The number of anilines is 1. The lowest BCUT2D eigenvalue weighted by Crippen LogP contribution is -2.12. The monoisotopic (exact) mass is 453 g/mol. The van der Waals surface area contributed by atoms with Gasteiger partial charge in [-0.05, 0) is 54.1 Å². The number of rotatable bonds is 3. The fourth-order valence-electron chi connectivity index (χ4n) is 3.62. The van der Waals surface area contributed by atoms with Gasteiger partial charge in [0.05, 0.1) is 11.0 Å². The Kier molecular flexibility index (Phi) is 4.73. The Morgan fingerprint density at radius 3 is 2.33 bits per heavy atom. The maximum Gasteiger partial charge on any atom is 0.255 e. The first-order chi connectivity index (χ1) is 14.7. The molecule has 30 heavy (non-hydrogen) atoms. The Morgan fingerprint density at radius 2 is 1.50 bits per heavy atom. The van der Waals surface area contributed by atoms with E-state index < -0.39 is 0 Å². The largest absolute Gasteiger partial charge is 0.321 e. The van der Waals surface area contributed by atoms with E-state index >= 15 is 0 Å². The summed E-state index contributed by atoms with van der Waals surface area (Å²) in [5, 5.41) is 5.07. The van der Waals surface area contributed by atoms with E-state index in [1.807, 2.05) is 60.7 Å². The number of amides is 1. The number of para-hydroxylation sites is 1. The fraction of sp³-hybridized carbons (Fsp3) is 0. The zero-order chi connectivity index (χ0) is 20.5. The standard InChI is InChI=1S/C25H16BrN3O/c26-18-11-9-16(10-12-18)25(30)29-22-8-2-1-6-19(22)21-15-17-5-3-13-27-23(17)24-20(21)7-4-14-28-24/h1-15H,(H,29,30). The number of nitrogens with zero attached hydrogens (tertiary/aromatic N) is 2. The van der Waals surface area contributed by atoms with Crippen molar-refractivity contribution >= 4 is 49.3 Å². The summed E-state index contributed by atoms with van der Waals surface area (Å²) in [6, 6.07) is 25.1. The predicted octanol–water partition coefficient (Wildman–Crippen LogP) is 6.46. The lowest BCUT2D eigenvalue weighted by molar-refractivity contribution is 0.102. The van der Waals surface area contributed by atoms with Crippen molar-refractivity contribution in [2.75, 3.05) is 5.32 Å². The number of fused-ring (bicyclic) bond motifs is 3. The molecule has 2 heterocycles. The molecule has 5 heteroatoms. The highest BCUT2D eigenvalue weighted by atomic mass is 79.9. The minimum atomic E-state index is -0.153. The first-order valence-corrected chi connectivity index (χ1v) is 10.3. The van der Waals surface area contributed by atoms with Crippen molar-refractivity contribution in [2.45, 2.75) is 0 Å². The first-order valence-electron chi connectivity index (χ1n) is 9.49. The Balaban J connectivity index is 1.66. The van der Waals surface area contributed by atoms with Crippen LogP contribution in [0.1, 0.15) is 10.4 Å². The van der Waals surface area contributed by atoms with Crippen molar-refractivity contribution in [1.82, 2.24) is 9.97 Å². The van der Waals surface area contributed by atoms with Crippen molar-refractivity contribution in [1.29, 1.82) is 0 Å². The Labute approximate surface area is 181 Å². The van der Waals surface area contributed by atoms with Gasteiger partial charge in [0.2, 0.25) is 0 Å². The van der Waals surface area contributed by atoms with Crippen molar-refractivity contribution in [3.8, 4) is 11.1 Å². The molecule has 3 aromatic carbocycles. The first kappa shape index (κ1) is 18.5. The van der Waals surface area contributed by atoms with Gasteiger partial charge in [-0.1, -0.05) is 46.3 Å². The summed E-state index contributed by atoms with van der Waals surface area (Å²) in [7, 11) is 0. The zero-order valence-corrected chi connectivity index (χ0v) is 17.4. The van der Waals surface area contributed by atoms with Crippen LogP contribution >= 0.6 is 15.9 Å². The van der Waals surface area contributed by atoms with E-state index in [0.29, 0.717) is 5.56 Å². The molecule has 0 atom stereocenters. The van der Waals surface area contributed by atoms with Crippen LogP contribution < -0.4 is 5.32 Å². The van der Waals surface area contributed by atoms with E-state index in [1.165, 1.54) is 0 Å². The van der Waals surface area contributed by atoms with Crippen molar-refractivity contribution in [2.24, 2.45) is 0 Å². The summed E-state index contributed by atoms with van der Waals surface area (Å²) in [5.74, 6) is -0.153. The van der Waals surface area contributed by atoms with Crippen LogP contribution in [0.2, 0.25) is 0 Å². The minimum absolute atomic E-state index is 0.153. The second-order valence-electron chi connectivity index (χ2n) is 6.91. The fourth-order valence-corrected chi connectivity index (χ4v) is 3.89. The second-order valence-corrected chi connectivity index (χ2v) is 7.82. The molecule has 144 valence electrons. The quantitative estimate of drug-likeness (QED) is 0.318. The molecular weight excluding hydrogens is 438 g/mol. The molecule has 0 aliphatic carbocycles. The molecule has 0 saturated heterocycles. The number of nitrogens with one attached hydrogen (secondary N) is 1. The smallest absolute Gasteiger partial charge is 0.255 e. The molecule has 1 N–H and O–H groups in total. The molecule has 1 amide bonds. The summed E-state index contributed by atoms with van der Waals surface area (Å²) in [6.07, 6.45) is 3.56. The molecule has 0 aliphatic heterocycles. The minimum Gasteiger partial charge on any atom is -0.321 e. The second kappa shape index (κ2) is 7.69. The van der Waals surface area contributed by atoms with Crippen LogP contribution in [-0.4, -0.2) is 15.9 Å². The molecule has 5 rings (SSSR count). The normalized spacial score (nSPS) is 11.0. The van der Waals surface area contributed by atoms with Crippen LogP contribution in [0.25, 0.3) is 32.9 Å². The van der Waals surface area contributed by atoms with E-state index in [2.05, 4.69) is 37.3 Å². The van der Waals surface area contributed by atoms with Crippen molar-refractivity contribution in [3.63, 3.8) is 0 Å². The number of benzene rings is 3. The molecule has 5 aromatic rings. The van der Waals surface area contributed by atoms with Gasteiger partial charge in [0.1, 0.15) is 0 Å². The molecule has 0 aliphatic rings. The van der Waals surface area contributed by atoms with Gasteiger partial charge in [0.15, 0.2) is 0 Å². The molecule has 0 bridgehead atoms. The van der Waals surface area contributed by atoms with Crippen LogP contribution in [0, 0.1) is 0 Å². The van der Waals surface area contributed by atoms with Crippen LogP contribution in [0.5, 0.6) is 0 Å². The molecule has 0 fully saturated rings. The third-order valence-corrected chi connectivity index (χ3v) is 5.56. The predicted molar refractivity (Wildman–Crippen MR) is 125 cm³/mol. The van der Waals surface area contributed by atoms with Crippen LogP contribution in [0.4, 0.5) is 5.69 Å². The number of hydrogen-bond donors (Lipinski definition) is 1. The number of carbonyl (C=O) groups excluding carboxylic acids is 1. The molecule has 2 aromatic heterocycles. The SMILES string of the molecule is O=C(Nc1ccccc1-c1cc2cccnc2c2ncccc12)c1ccc(Br)cc1. The van der Waals surface area contributed by atoms with E-state index in [0.717, 1.165) is 43.1 Å². The maximum absolute atomic E-state index is 12.8. The van der Waals surface area contributed by atoms with Gasteiger partial charge in [-0.25, -0.2) is 0 Å². The average Bonchev–Trinajstić information content (AvgIpc) is 2.79. The van der Waals surface area contributed by atoms with Crippen molar-refractivity contribution < 1.29 is 4.79 Å². The van der Waals surface area contributed by atoms with Gasteiger partial charge >= 0.3 is 0 Å². The summed E-state index contributed by atoms with van der Waals surface area (Å²) in [4.78, 5) is 21.9.